The molecule has 0 aromatic heterocycles. The maximum absolute atomic E-state index is 11.4. The molecule has 0 aromatic carbocycles. The third-order valence-corrected chi connectivity index (χ3v) is 4.60. The lowest BCUT2D eigenvalue weighted by molar-refractivity contribution is -0.132. The highest BCUT2D eigenvalue weighted by Crippen LogP contribution is 2.21. The van der Waals surface area contributed by atoms with Gasteiger partial charge in [0.2, 0.25) is 5.91 Å². The van der Waals surface area contributed by atoms with Gasteiger partial charge in [0.15, 0.2) is 9.84 Å². The van der Waals surface area contributed by atoms with Gasteiger partial charge in [0.1, 0.15) is 0 Å². The van der Waals surface area contributed by atoms with E-state index in [2.05, 4.69) is 5.32 Å². The van der Waals surface area contributed by atoms with Gasteiger partial charge in [-0.1, -0.05) is 0 Å². The van der Waals surface area contributed by atoms with Gasteiger partial charge in [-0.15, -0.1) is 0 Å². The number of carbonyl (C=O) groups excluding carboxylic acids is 1. The number of piperazine rings is 1. The van der Waals surface area contributed by atoms with E-state index in [0.29, 0.717) is 13.1 Å². The van der Waals surface area contributed by atoms with Gasteiger partial charge in [0.25, 0.3) is 0 Å². The number of hydrogen-bond acceptors (Lipinski definition) is 4. The summed E-state index contributed by atoms with van der Waals surface area (Å²) < 4.78 is 22.8. The molecular formula is C8H14N2O3S. The monoisotopic (exact) mass is 218 g/mol. The van der Waals surface area contributed by atoms with E-state index in [9.17, 15) is 13.2 Å². The van der Waals surface area contributed by atoms with Crippen molar-refractivity contribution in [2.24, 2.45) is 0 Å². The van der Waals surface area contributed by atoms with Gasteiger partial charge >= 0.3 is 0 Å². The van der Waals surface area contributed by atoms with Gasteiger partial charge in [0, 0.05) is 26.1 Å². The zero-order valence-corrected chi connectivity index (χ0v) is 8.88. The summed E-state index contributed by atoms with van der Waals surface area (Å²) in [5.74, 6) is 0.254. The number of carbonyl (C=O) groups is 1. The fourth-order valence-corrected chi connectivity index (χ4v) is 4.21. The average molecular weight is 218 g/mol. The quantitative estimate of drug-likeness (QED) is 0.543. The lowest BCUT2D eigenvalue weighted by Gasteiger charge is -2.36. The van der Waals surface area contributed by atoms with Crippen LogP contribution in [0.2, 0.25) is 0 Å². The molecule has 0 saturated carbocycles. The number of fused-ring (bicyclic) bond motifs is 1. The van der Waals surface area contributed by atoms with Crippen LogP contribution in [0.1, 0.15) is 6.92 Å². The second-order valence-corrected chi connectivity index (χ2v) is 6.07. The Kier molecular flexibility index (Phi) is 2.27. The minimum absolute atomic E-state index is 0.0291. The van der Waals surface area contributed by atoms with Gasteiger partial charge < -0.3 is 10.2 Å². The highest BCUT2D eigenvalue weighted by molar-refractivity contribution is 7.91. The molecule has 0 spiro atoms. The van der Waals surface area contributed by atoms with E-state index in [4.69, 9.17) is 0 Å². The second kappa shape index (κ2) is 3.20. The first-order valence-corrected chi connectivity index (χ1v) is 6.53. The maximum Gasteiger partial charge on any atom is 0.219 e. The van der Waals surface area contributed by atoms with Crippen LogP contribution in [0.25, 0.3) is 0 Å². The van der Waals surface area contributed by atoms with E-state index >= 15 is 0 Å². The number of sulfone groups is 1. The van der Waals surface area contributed by atoms with Crippen molar-refractivity contribution in [1.29, 1.82) is 0 Å². The zero-order chi connectivity index (χ0) is 10.3. The Balaban J connectivity index is 2.22. The molecule has 2 aliphatic rings. The Labute approximate surface area is 83.4 Å². The Hall–Kier alpha value is -0.620. The third-order valence-electron chi connectivity index (χ3n) is 2.89. The first kappa shape index (κ1) is 9.92. The summed E-state index contributed by atoms with van der Waals surface area (Å²) in [5.41, 5.74) is 0. The predicted octanol–water partition coefficient (Wildman–Crippen LogP) is -1.40. The molecule has 1 amide bonds. The number of hydrogen-bond donors (Lipinski definition) is 1. The predicted molar refractivity (Wildman–Crippen MR) is 51.6 cm³/mol. The van der Waals surface area contributed by atoms with E-state index in [1.165, 1.54) is 6.92 Å². The fourth-order valence-electron chi connectivity index (χ4n) is 2.26. The number of rotatable bonds is 0. The highest BCUT2D eigenvalue weighted by atomic mass is 32.2. The molecule has 5 nitrogen and oxygen atoms in total. The topological polar surface area (TPSA) is 66.5 Å². The van der Waals surface area contributed by atoms with Gasteiger partial charge in [-0.2, -0.15) is 0 Å². The first-order chi connectivity index (χ1) is 6.49. The molecule has 14 heavy (non-hydrogen) atoms. The van der Waals surface area contributed by atoms with Gasteiger partial charge in [-0.3, -0.25) is 4.79 Å². The summed E-state index contributed by atoms with van der Waals surface area (Å²) in [5, 5.41) is 3.15. The van der Waals surface area contributed by atoms with Crippen LogP contribution >= 0.6 is 0 Å². The van der Waals surface area contributed by atoms with Crippen molar-refractivity contribution in [1.82, 2.24) is 10.2 Å². The highest BCUT2D eigenvalue weighted by Gasteiger charge is 2.43. The molecule has 0 bridgehead atoms. The normalized spacial score (nSPS) is 35.4. The molecular weight excluding hydrogens is 204 g/mol. The van der Waals surface area contributed by atoms with Crippen LogP contribution < -0.4 is 5.32 Å². The minimum Gasteiger partial charge on any atom is -0.336 e. The van der Waals surface area contributed by atoms with Crippen molar-refractivity contribution in [2.75, 3.05) is 24.6 Å². The molecule has 0 aromatic rings. The fraction of sp³-hybridized carbons (Fsp3) is 0.875. The largest absolute Gasteiger partial charge is 0.336 e. The van der Waals surface area contributed by atoms with E-state index in [1.54, 1.807) is 4.90 Å². The number of amides is 1. The van der Waals surface area contributed by atoms with Crippen LogP contribution in [0.5, 0.6) is 0 Å². The summed E-state index contributed by atoms with van der Waals surface area (Å²) in [7, 11) is -2.95. The van der Waals surface area contributed by atoms with Crippen LogP contribution in [-0.2, 0) is 14.6 Å². The lowest BCUT2D eigenvalue weighted by atomic mass is 10.1. The number of nitrogens with one attached hydrogen (secondary N) is 1. The smallest absolute Gasteiger partial charge is 0.219 e. The van der Waals surface area contributed by atoms with Crippen molar-refractivity contribution in [3.63, 3.8) is 0 Å². The zero-order valence-electron chi connectivity index (χ0n) is 8.06. The third kappa shape index (κ3) is 1.64. The van der Waals surface area contributed by atoms with Crippen LogP contribution in [0.15, 0.2) is 0 Å². The standard InChI is InChI=1S/C8H14N2O3S/c1-6(11)10-3-2-9-7-4-14(12,13)5-8(7)10/h7-9H,2-5H2,1H3/t7-,8+/m0/s1. The SMILES string of the molecule is CC(=O)N1CCN[C@H]2CS(=O)(=O)C[C@H]21. The van der Waals surface area contributed by atoms with Gasteiger partial charge in [-0.05, 0) is 0 Å². The van der Waals surface area contributed by atoms with Crippen LogP contribution in [0, 0.1) is 0 Å². The van der Waals surface area contributed by atoms with Crippen LogP contribution in [0.4, 0.5) is 0 Å². The number of nitrogens with zero attached hydrogens (tertiary/aromatic N) is 1. The van der Waals surface area contributed by atoms with Crippen LogP contribution in [0.3, 0.4) is 0 Å². The van der Waals surface area contributed by atoms with Crippen molar-refractivity contribution in [3.8, 4) is 0 Å². The summed E-state index contributed by atoms with van der Waals surface area (Å²) in [4.78, 5) is 12.9. The molecule has 0 unspecified atom stereocenters. The first-order valence-electron chi connectivity index (χ1n) is 4.70. The average Bonchev–Trinajstić information content (AvgIpc) is 2.36. The summed E-state index contributed by atoms with van der Waals surface area (Å²) in [6.07, 6.45) is 0. The van der Waals surface area contributed by atoms with Crippen molar-refractivity contribution in [2.45, 2.75) is 19.0 Å². The summed E-state index contributed by atoms with van der Waals surface area (Å²) in [6.45, 7) is 2.80. The maximum atomic E-state index is 11.4. The molecule has 2 aliphatic heterocycles. The molecule has 2 rings (SSSR count). The Bertz CT molecular complexity index is 352. The molecule has 0 radical (unpaired) electrons. The Morgan fingerprint density at radius 3 is 2.79 bits per heavy atom. The Morgan fingerprint density at radius 2 is 2.14 bits per heavy atom. The summed E-state index contributed by atoms with van der Waals surface area (Å²) >= 11 is 0. The molecule has 1 N–H and O–H groups in total. The second-order valence-electron chi connectivity index (χ2n) is 3.92. The van der Waals surface area contributed by atoms with Crippen molar-refractivity contribution < 1.29 is 13.2 Å². The lowest BCUT2D eigenvalue weighted by Crippen LogP contribution is -2.58. The Morgan fingerprint density at radius 1 is 1.43 bits per heavy atom. The van der Waals surface area contributed by atoms with E-state index in [0.717, 1.165) is 0 Å². The van der Waals surface area contributed by atoms with Gasteiger partial charge in [-0.25, -0.2) is 8.42 Å². The molecule has 80 valence electrons. The molecule has 2 heterocycles. The molecule has 2 atom stereocenters. The molecule has 2 saturated heterocycles. The van der Waals surface area contributed by atoms with E-state index in [-0.39, 0.29) is 29.5 Å². The van der Waals surface area contributed by atoms with Gasteiger partial charge in [0.05, 0.1) is 17.5 Å². The van der Waals surface area contributed by atoms with E-state index < -0.39 is 9.84 Å². The molecule has 6 heteroatoms. The van der Waals surface area contributed by atoms with Crippen molar-refractivity contribution >= 4 is 15.7 Å². The molecule has 0 aliphatic carbocycles. The molecule has 2 fully saturated rings. The summed E-state index contributed by atoms with van der Waals surface area (Å²) in [6, 6.07) is -0.205. The minimum atomic E-state index is -2.95. The van der Waals surface area contributed by atoms with E-state index in [1.807, 2.05) is 0 Å². The van der Waals surface area contributed by atoms with Crippen molar-refractivity contribution in [3.05, 3.63) is 0 Å². The van der Waals surface area contributed by atoms with Crippen LogP contribution in [-0.4, -0.2) is 55.9 Å².